The topological polar surface area (TPSA) is 24.1 Å². The summed E-state index contributed by atoms with van der Waals surface area (Å²) >= 11 is 1.91. The molecule has 0 spiro atoms. The van der Waals surface area contributed by atoms with Gasteiger partial charge in [0.15, 0.2) is 0 Å². The van der Waals surface area contributed by atoms with E-state index in [1.54, 1.807) is 0 Å². The third-order valence-electron chi connectivity index (χ3n) is 1.12. The standard InChI is InChI=1S/C5H11N2S/c1-6-5-4-7-2-3-8-5/h6-7H,2-4H2,1H3. The zero-order chi connectivity index (χ0) is 5.82. The Morgan fingerprint density at radius 3 is 3.00 bits per heavy atom. The highest BCUT2D eigenvalue weighted by atomic mass is 32.2. The van der Waals surface area contributed by atoms with Crippen LogP contribution < -0.4 is 10.6 Å². The van der Waals surface area contributed by atoms with Crippen LogP contribution in [0, 0.1) is 5.37 Å². The Hall–Kier alpha value is 0.270. The second-order valence-electron chi connectivity index (χ2n) is 1.70. The smallest absolute Gasteiger partial charge is 0.106 e. The molecule has 2 nitrogen and oxygen atoms in total. The molecular weight excluding hydrogens is 120 g/mol. The monoisotopic (exact) mass is 131 g/mol. The lowest BCUT2D eigenvalue weighted by Crippen LogP contribution is -2.33. The van der Waals surface area contributed by atoms with Gasteiger partial charge in [0.2, 0.25) is 0 Å². The Morgan fingerprint density at radius 2 is 2.62 bits per heavy atom. The quantitative estimate of drug-likeness (QED) is 0.525. The van der Waals surface area contributed by atoms with Crippen LogP contribution in [0.5, 0.6) is 0 Å². The Balaban J connectivity index is 2.13. The van der Waals surface area contributed by atoms with Crippen molar-refractivity contribution < 1.29 is 0 Å². The largest absolute Gasteiger partial charge is 0.313 e. The van der Waals surface area contributed by atoms with E-state index in [1.165, 1.54) is 11.1 Å². The molecule has 8 heavy (non-hydrogen) atoms. The predicted octanol–water partition coefficient (Wildman–Crippen LogP) is 0.0317. The van der Waals surface area contributed by atoms with Crippen molar-refractivity contribution in [3.05, 3.63) is 5.37 Å². The highest BCUT2D eigenvalue weighted by molar-refractivity contribution is 8.02. The molecule has 0 aromatic carbocycles. The van der Waals surface area contributed by atoms with Gasteiger partial charge in [-0.15, -0.1) is 11.8 Å². The molecule has 1 aliphatic heterocycles. The minimum atomic E-state index is 1.03. The van der Waals surface area contributed by atoms with E-state index >= 15 is 0 Å². The number of hydrogen-bond donors (Lipinski definition) is 2. The molecule has 1 saturated heterocycles. The Labute approximate surface area is 54.4 Å². The molecule has 1 aliphatic rings. The van der Waals surface area contributed by atoms with E-state index in [4.69, 9.17) is 0 Å². The Morgan fingerprint density at radius 1 is 1.75 bits per heavy atom. The van der Waals surface area contributed by atoms with Crippen molar-refractivity contribution in [2.24, 2.45) is 0 Å². The molecule has 0 saturated carbocycles. The molecule has 0 bridgehead atoms. The van der Waals surface area contributed by atoms with E-state index in [0.717, 1.165) is 13.1 Å². The molecule has 1 radical (unpaired) electrons. The van der Waals surface area contributed by atoms with Gasteiger partial charge in [-0.1, -0.05) is 0 Å². The minimum absolute atomic E-state index is 1.03. The fourth-order valence-electron chi connectivity index (χ4n) is 0.660. The number of nitrogens with one attached hydrogen (secondary N) is 2. The molecule has 0 aromatic rings. The van der Waals surface area contributed by atoms with Gasteiger partial charge in [0.05, 0.1) is 0 Å². The second kappa shape index (κ2) is 3.33. The first-order chi connectivity index (χ1) is 3.93. The lowest BCUT2D eigenvalue weighted by atomic mass is 10.6. The molecular formula is C5H11N2S. The van der Waals surface area contributed by atoms with Crippen molar-refractivity contribution in [1.29, 1.82) is 0 Å². The maximum atomic E-state index is 3.27. The summed E-state index contributed by atoms with van der Waals surface area (Å²) in [5.41, 5.74) is 0. The van der Waals surface area contributed by atoms with E-state index in [1.807, 2.05) is 18.8 Å². The summed E-state index contributed by atoms with van der Waals surface area (Å²) in [5, 5.41) is 7.74. The first-order valence-corrected chi connectivity index (χ1v) is 3.79. The summed E-state index contributed by atoms with van der Waals surface area (Å²) in [6, 6.07) is 0. The molecule has 0 aromatic heterocycles. The molecule has 0 atom stereocenters. The molecule has 3 heteroatoms. The lowest BCUT2D eigenvalue weighted by molar-refractivity contribution is 0.702. The fraction of sp³-hybridized carbons (Fsp3) is 0.800. The summed E-state index contributed by atoms with van der Waals surface area (Å²) in [6.45, 7) is 2.18. The summed E-state index contributed by atoms with van der Waals surface area (Å²) in [4.78, 5) is 0. The van der Waals surface area contributed by atoms with Crippen molar-refractivity contribution in [2.45, 2.75) is 0 Å². The van der Waals surface area contributed by atoms with Crippen LogP contribution in [-0.2, 0) is 0 Å². The summed E-state index contributed by atoms with van der Waals surface area (Å²) in [5.74, 6) is 1.20. The van der Waals surface area contributed by atoms with Crippen LogP contribution in [0.3, 0.4) is 0 Å². The molecule has 0 aliphatic carbocycles. The minimum Gasteiger partial charge on any atom is -0.313 e. The van der Waals surface area contributed by atoms with Crippen LogP contribution in [0.15, 0.2) is 0 Å². The average Bonchev–Trinajstić information content (AvgIpc) is 1.90. The zero-order valence-electron chi connectivity index (χ0n) is 5.03. The van der Waals surface area contributed by atoms with Crippen LogP contribution in [0.1, 0.15) is 0 Å². The SMILES string of the molecule is CN[C]1CNCCS1. The van der Waals surface area contributed by atoms with Crippen molar-refractivity contribution >= 4 is 11.8 Å². The maximum absolute atomic E-state index is 3.27. The van der Waals surface area contributed by atoms with E-state index in [9.17, 15) is 0 Å². The Kier molecular flexibility index (Phi) is 2.66. The summed E-state index contributed by atoms with van der Waals surface area (Å²) in [7, 11) is 1.97. The van der Waals surface area contributed by atoms with Crippen LogP contribution in [0.4, 0.5) is 0 Å². The molecule has 1 heterocycles. The number of likely N-dealkylation sites (N-methyl/N-ethyl adjacent to an activating group) is 1. The molecule has 0 unspecified atom stereocenters. The maximum Gasteiger partial charge on any atom is 0.106 e. The lowest BCUT2D eigenvalue weighted by Gasteiger charge is -2.19. The highest BCUT2D eigenvalue weighted by Crippen LogP contribution is 2.16. The summed E-state index contributed by atoms with van der Waals surface area (Å²) in [6.07, 6.45) is 0. The third-order valence-corrected chi connectivity index (χ3v) is 2.22. The van der Waals surface area contributed by atoms with Crippen molar-refractivity contribution in [1.82, 2.24) is 10.6 Å². The summed E-state index contributed by atoms with van der Waals surface area (Å²) < 4.78 is 0. The number of rotatable bonds is 1. The van der Waals surface area contributed by atoms with Crippen LogP contribution in [0.25, 0.3) is 0 Å². The van der Waals surface area contributed by atoms with Crippen molar-refractivity contribution in [2.75, 3.05) is 25.9 Å². The molecule has 0 amide bonds. The van der Waals surface area contributed by atoms with E-state index < -0.39 is 0 Å². The molecule has 2 N–H and O–H groups in total. The van der Waals surface area contributed by atoms with Gasteiger partial charge in [-0.05, 0) is 7.05 Å². The van der Waals surface area contributed by atoms with Crippen LogP contribution >= 0.6 is 11.8 Å². The van der Waals surface area contributed by atoms with E-state index in [0.29, 0.717) is 0 Å². The third kappa shape index (κ3) is 1.65. The zero-order valence-corrected chi connectivity index (χ0v) is 5.85. The highest BCUT2D eigenvalue weighted by Gasteiger charge is 2.10. The van der Waals surface area contributed by atoms with Gasteiger partial charge in [-0.25, -0.2) is 0 Å². The molecule has 1 rings (SSSR count). The first-order valence-electron chi connectivity index (χ1n) is 2.80. The van der Waals surface area contributed by atoms with Crippen LogP contribution in [-0.4, -0.2) is 25.9 Å². The van der Waals surface area contributed by atoms with E-state index in [-0.39, 0.29) is 0 Å². The Bertz CT molecular complexity index is 61.4. The normalized spacial score (nSPS) is 23.6. The van der Waals surface area contributed by atoms with Gasteiger partial charge < -0.3 is 10.6 Å². The average molecular weight is 131 g/mol. The molecule has 1 fully saturated rings. The number of hydrogen-bond acceptors (Lipinski definition) is 3. The first kappa shape index (κ1) is 6.39. The van der Waals surface area contributed by atoms with E-state index in [2.05, 4.69) is 10.6 Å². The fourth-order valence-corrected chi connectivity index (χ4v) is 1.50. The van der Waals surface area contributed by atoms with Crippen molar-refractivity contribution in [3.8, 4) is 0 Å². The number of thioether (sulfide) groups is 1. The van der Waals surface area contributed by atoms with Crippen LogP contribution in [0.2, 0.25) is 0 Å². The van der Waals surface area contributed by atoms with Gasteiger partial charge in [0.25, 0.3) is 0 Å². The second-order valence-corrected chi connectivity index (χ2v) is 2.89. The van der Waals surface area contributed by atoms with Crippen molar-refractivity contribution in [3.63, 3.8) is 0 Å². The van der Waals surface area contributed by atoms with Gasteiger partial charge in [0.1, 0.15) is 5.37 Å². The predicted molar refractivity (Wildman–Crippen MR) is 37.6 cm³/mol. The van der Waals surface area contributed by atoms with Gasteiger partial charge in [-0.2, -0.15) is 0 Å². The van der Waals surface area contributed by atoms with Gasteiger partial charge >= 0.3 is 0 Å². The van der Waals surface area contributed by atoms with Gasteiger partial charge in [-0.3, -0.25) is 0 Å². The van der Waals surface area contributed by atoms with Gasteiger partial charge in [0, 0.05) is 18.8 Å². The molecule has 47 valence electrons.